The second kappa shape index (κ2) is 6.70. The van der Waals surface area contributed by atoms with Gasteiger partial charge in [0, 0.05) is 31.8 Å². The van der Waals surface area contributed by atoms with Gasteiger partial charge in [0.05, 0.1) is 30.9 Å². The fourth-order valence-corrected chi connectivity index (χ4v) is 3.01. The molecule has 0 spiro atoms. The van der Waals surface area contributed by atoms with Crippen molar-refractivity contribution >= 4 is 22.6 Å². The molecule has 0 bridgehead atoms. The van der Waals surface area contributed by atoms with E-state index in [9.17, 15) is 4.79 Å². The lowest BCUT2D eigenvalue weighted by molar-refractivity contribution is -0.377. The minimum atomic E-state index is -0.0447. The van der Waals surface area contributed by atoms with E-state index >= 15 is 0 Å². The molecule has 0 unspecified atom stereocenters. The number of nitrogens with zero attached hydrogens (tertiary/aromatic N) is 2. The van der Waals surface area contributed by atoms with Crippen LogP contribution in [0.3, 0.4) is 0 Å². The number of pyridine rings is 1. The lowest BCUT2D eigenvalue weighted by Gasteiger charge is -2.26. The monoisotopic (exact) mass is 341 g/mol. The number of morpholine rings is 1. The maximum atomic E-state index is 12.3. The number of aromatic nitrogens is 1. The highest BCUT2D eigenvalue weighted by atomic mass is 16.5. The van der Waals surface area contributed by atoms with Gasteiger partial charge in [-0.15, -0.1) is 0 Å². The first-order valence-corrected chi connectivity index (χ1v) is 8.40. The predicted molar refractivity (Wildman–Crippen MR) is 95.6 cm³/mol. The number of rotatable bonds is 5. The molecule has 2 aromatic rings. The van der Waals surface area contributed by atoms with E-state index in [0.29, 0.717) is 23.6 Å². The summed E-state index contributed by atoms with van der Waals surface area (Å²) in [4.78, 5) is 17.9. The number of ether oxygens (including phenoxy) is 2. The highest BCUT2D eigenvalue weighted by molar-refractivity contribution is 5.91. The zero-order valence-corrected chi connectivity index (χ0v) is 13.9. The predicted octanol–water partition coefficient (Wildman–Crippen LogP) is 0.768. The Morgan fingerprint density at radius 2 is 2.12 bits per heavy atom. The van der Waals surface area contributed by atoms with Crippen LogP contribution < -0.4 is 15.9 Å². The van der Waals surface area contributed by atoms with Gasteiger partial charge in [0.25, 0.3) is 0 Å². The van der Waals surface area contributed by atoms with Crippen LogP contribution in [0.2, 0.25) is 0 Å². The van der Waals surface area contributed by atoms with Crippen LogP contribution in [0, 0.1) is 0 Å². The maximum absolute atomic E-state index is 12.3. The van der Waals surface area contributed by atoms with Crippen molar-refractivity contribution in [3.05, 3.63) is 46.8 Å². The fraction of sp³-hybridized carbons (Fsp3) is 0.333. The lowest BCUT2D eigenvalue weighted by atomic mass is 10.2. The summed E-state index contributed by atoms with van der Waals surface area (Å²) >= 11 is 0. The molecule has 25 heavy (non-hydrogen) atoms. The molecule has 4 rings (SSSR count). The van der Waals surface area contributed by atoms with Gasteiger partial charge < -0.3 is 15.2 Å². The van der Waals surface area contributed by atoms with Gasteiger partial charge in [-0.25, -0.2) is 4.58 Å². The van der Waals surface area contributed by atoms with Gasteiger partial charge in [0.15, 0.2) is 5.43 Å². The van der Waals surface area contributed by atoms with Gasteiger partial charge in [-0.3, -0.25) is 14.7 Å². The average molecular weight is 341 g/mol. The molecule has 2 aliphatic heterocycles. The average Bonchev–Trinajstić information content (AvgIpc) is 2.61. The maximum Gasteiger partial charge on any atom is 0.234 e. The number of H-pyrrole nitrogens is 1. The molecule has 0 radical (unpaired) electrons. The Morgan fingerprint density at radius 1 is 1.28 bits per heavy atom. The van der Waals surface area contributed by atoms with Crippen LogP contribution in [0.25, 0.3) is 10.9 Å². The number of fused-ring (bicyclic) bond motifs is 1. The van der Waals surface area contributed by atoms with Crippen molar-refractivity contribution in [1.29, 1.82) is 0 Å². The standard InChI is InChI=1S/C18H20N4O3/c19-17-3-4-22(17)18-12-16(23)14-2-1-13(11-15(14)20-18)25-10-7-21-5-8-24-9-6-21/h1-4,11-12,19H,5-10H2,(H,20,23)/p+1. The van der Waals surface area contributed by atoms with E-state index in [1.165, 1.54) is 0 Å². The van der Waals surface area contributed by atoms with Crippen LogP contribution in [-0.4, -0.2) is 59.7 Å². The van der Waals surface area contributed by atoms with Gasteiger partial charge in [0.1, 0.15) is 17.9 Å². The molecule has 7 heteroatoms. The summed E-state index contributed by atoms with van der Waals surface area (Å²) in [5.41, 5.74) is 6.50. The Kier molecular flexibility index (Phi) is 4.25. The molecule has 1 aromatic heterocycles. The molecular weight excluding hydrogens is 320 g/mol. The van der Waals surface area contributed by atoms with Crippen molar-refractivity contribution in [2.24, 2.45) is 5.73 Å². The minimum absolute atomic E-state index is 0.0447. The molecule has 1 aromatic carbocycles. The van der Waals surface area contributed by atoms with Crippen molar-refractivity contribution in [1.82, 2.24) is 9.88 Å². The van der Waals surface area contributed by atoms with Crippen molar-refractivity contribution < 1.29 is 14.0 Å². The number of hydrogen-bond donors (Lipinski definition) is 2. The molecule has 0 amide bonds. The van der Waals surface area contributed by atoms with Gasteiger partial charge in [-0.05, 0) is 12.1 Å². The van der Waals surface area contributed by atoms with E-state index in [-0.39, 0.29) is 5.43 Å². The smallest absolute Gasteiger partial charge is 0.234 e. The van der Waals surface area contributed by atoms with E-state index in [1.807, 2.05) is 18.3 Å². The van der Waals surface area contributed by atoms with Crippen LogP contribution in [0.4, 0.5) is 5.82 Å². The molecule has 130 valence electrons. The van der Waals surface area contributed by atoms with E-state index in [1.54, 1.807) is 22.8 Å². The molecule has 0 saturated carbocycles. The Hall–Kier alpha value is -2.64. The summed E-state index contributed by atoms with van der Waals surface area (Å²) in [5, 5.41) is 0.632. The Labute approximate surface area is 145 Å². The number of hydrogen-bond acceptors (Lipinski definition) is 5. The first kappa shape index (κ1) is 15.9. The zero-order chi connectivity index (χ0) is 17.2. The highest BCUT2D eigenvalue weighted by Crippen LogP contribution is 2.20. The largest absolute Gasteiger partial charge is 0.492 e. The Morgan fingerprint density at radius 3 is 2.84 bits per heavy atom. The van der Waals surface area contributed by atoms with Crippen molar-refractivity contribution in [2.75, 3.05) is 39.5 Å². The number of nitrogens with two attached hydrogens (primary N) is 1. The van der Waals surface area contributed by atoms with E-state index in [4.69, 9.17) is 15.2 Å². The number of benzene rings is 1. The number of nitrogens with one attached hydrogen (secondary N) is 1. The summed E-state index contributed by atoms with van der Waals surface area (Å²) in [5.74, 6) is 2.00. The van der Waals surface area contributed by atoms with Gasteiger partial charge >= 0.3 is 0 Å². The molecule has 1 fully saturated rings. The highest BCUT2D eigenvalue weighted by Gasteiger charge is 2.16. The fourth-order valence-electron chi connectivity index (χ4n) is 3.01. The third-order valence-corrected chi connectivity index (χ3v) is 4.50. The molecule has 0 atom stereocenters. The van der Waals surface area contributed by atoms with E-state index in [0.717, 1.165) is 44.1 Å². The first-order chi connectivity index (χ1) is 12.2. The number of aromatic amines is 1. The third-order valence-electron chi connectivity index (χ3n) is 4.50. The SMILES string of the molecule is NC1=[N+](c2cc(=O)c3ccc(OCCN4CCOCC4)cc3[nH]2)C=C1. The molecular formula is C18H21N4O3+. The van der Waals surface area contributed by atoms with Gasteiger partial charge in [0.2, 0.25) is 11.7 Å². The summed E-state index contributed by atoms with van der Waals surface area (Å²) in [6.07, 6.45) is 3.60. The molecule has 3 heterocycles. The first-order valence-electron chi connectivity index (χ1n) is 8.40. The summed E-state index contributed by atoms with van der Waals surface area (Å²) in [6, 6.07) is 7.04. The van der Waals surface area contributed by atoms with E-state index in [2.05, 4.69) is 9.88 Å². The second-order valence-electron chi connectivity index (χ2n) is 6.14. The quantitative estimate of drug-likeness (QED) is 0.785. The van der Waals surface area contributed by atoms with Crippen LogP contribution in [0.5, 0.6) is 5.75 Å². The van der Waals surface area contributed by atoms with Crippen molar-refractivity contribution in [3.63, 3.8) is 0 Å². The lowest BCUT2D eigenvalue weighted by Crippen LogP contribution is -2.38. The summed E-state index contributed by atoms with van der Waals surface area (Å²) in [7, 11) is 0. The minimum Gasteiger partial charge on any atom is -0.492 e. The van der Waals surface area contributed by atoms with E-state index < -0.39 is 0 Å². The van der Waals surface area contributed by atoms with Crippen LogP contribution in [0.1, 0.15) is 0 Å². The molecule has 2 aliphatic rings. The van der Waals surface area contributed by atoms with Crippen molar-refractivity contribution in [3.8, 4) is 5.75 Å². The Balaban J connectivity index is 1.50. The zero-order valence-electron chi connectivity index (χ0n) is 13.9. The second-order valence-corrected chi connectivity index (χ2v) is 6.14. The van der Waals surface area contributed by atoms with Crippen LogP contribution in [0.15, 0.2) is 41.3 Å². The summed E-state index contributed by atoms with van der Waals surface area (Å²) < 4.78 is 12.9. The molecule has 7 nitrogen and oxygen atoms in total. The molecule has 1 saturated heterocycles. The van der Waals surface area contributed by atoms with Gasteiger partial charge in [-0.1, -0.05) is 0 Å². The molecule has 0 aliphatic carbocycles. The third kappa shape index (κ3) is 3.29. The Bertz CT molecular complexity index is 910. The van der Waals surface area contributed by atoms with Crippen LogP contribution >= 0.6 is 0 Å². The summed E-state index contributed by atoms with van der Waals surface area (Å²) in [6.45, 7) is 4.92. The molecule has 3 N–H and O–H groups in total. The number of amidine groups is 1. The van der Waals surface area contributed by atoms with Crippen LogP contribution in [-0.2, 0) is 4.74 Å². The van der Waals surface area contributed by atoms with Gasteiger partial charge in [-0.2, -0.15) is 0 Å². The topological polar surface area (TPSA) is 83.6 Å². The van der Waals surface area contributed by atoms with Crippen molar-refractivity contribution in [2.45, 2.75) is 0 Å². The normalized spacial score (nSPS) is 17.8.